The third kappa shape index (κ3) is 3.55. The van der Waals surface area contributed by atoms with Crippen molar-refractivity contribution in [1.29, 1.82) is 0 Å². The third-order valence-electron chi connectivity index (χ3n) is 3.96. The second-order valence-corrected chi connectivity index (χ2v) is 7.67. The molecule has 0 saturated carbocycles. The summed E-state index contributed by atoms with van der Waals surface area (Å²) in [6, 6.07) is 4.28. The van der Waals surface area contributed by atoms with Gasteiger partial charge in [0.1, 0.15) is 0 Å². The largest absolute Gasteiger partial charge is 0.494 e. The van der Waals surface area contributed by atoms with Gasteiger partial charge in [0, 0.05) is 6.04 Å². The van der Waals surface area contributed by atoms with Gasteiger partial charge in [-0.05, 0) is 37.1 Å². The molecule has 118 valence electrons. The van der Waals surface area contributed by atoms with E-state index in [0.29, 0.717) is 24.9 Å². The van der Waals surface area contributed by atoms with Crippen LogP contribution in [0.4, 0.5) is 4.39 Å². The first-order chi connectivity index (χ1) is 9.99. The molecule has 0 aliphatic carbocycles. The molecule has 0 bridgehead atoms. The van der Waals surface area contributed by atoms with Crippen LogP contribution in [0.1, 0.15) is 37.8 Å². The molecule has 6 heteroatoms. The smallest absolute Gasteiger partial charge is 0.165 e. The van der Waals surface area contributed by atoms with Crippen LogP contribution < -0.4 is 10.1 Å². The van der Waals surface area contributed by atoms with E-state index < -0.39 is 20.9 Å². The van der Waals surface area contributed by atoms with Crippen LogP contribution in [-0.4, -0.2) is 33.1 Å². The van der Waals surface area contributed by atoms with Crippen molar-refractivity contribution >= 4 is 9.84 Å². The first-order valence-corrected chi connectivity index (χ1v) is 8.99. The number of ether oxygens (including phenoxy) is 1. The summed E-state index contributed by atoms with van der Waals surface area (Å²) in [7, 11) is -1.73. The van der Waals surface area contributed by atoms with Crippen molar-refractivity contribution in [2.75, 3.05) is 19.4 Å². The molecule has 1 aromatic rings. The van der Waals surface area contributed by atoms with E-state index >= 15 is 0 Å². The molecule has 1 fully saturated rings. The predicted molar refractivity (Wildman–Crippen MR) is 80.8 cm³/mol. The molecule has 1 aliphatic heterocycles. The average molecular weight is 315 g/mol. The zero-order chi connectivity index (χ0) is 15.5. The molecular formula is C15H22FNO3S. The topological polar surface area (TPSA) is 55.4 Å². The van der Waals surface area contributed by atoms with Crippen molar-refractivity contribution < 1.29 is 17.5 Å². The molecule has 2 atom stereocenters. The molecule has 2 unspecified atom stereocenters. The van der Waals surface area contributed by atoms with Gasteiger partial charge in [0.2, 0.25) is 0 Å². The Hall–Kier alpha value is -1.14. The summed E-state index contributed by atoms with van der Waals surface area (Å²) in [5.41, 5.74) is 0.658. The van der Waals surface area contributed by atoms with Crippen molar-refractivity contribution in [2.45, 2.75) is 37.5 Å². The maximum absolute atomic E-state index is 13.9. The molecule has 4 nitrogen and oxygen atoms in total. The Kier molecular flexibility index (Phi) is 5.22. The quantitative estimate of drug-likeness (QED) is 0.907. The number of rotatable bonds is 5. The number of methoxy groups -OCH3 is 1. The molecule has 1 N–H and O–H groups in total. The zero-order valence-corrected chi connectivity index (χ0v) is 13.2. The van der Waals surface area contributed by atoms with Gasteiger partial charge in [0.15, 0.2) is 21.4 Å². The van der Waals surface area contributed by atoms with E-state index in [0.717, 1.165) is 6.42 Å². The summed E-state index contributed by atoms with van der Waals surface area (Å²) in [5, 5.41) is 2.72. The lowest BCUT2D eigenvalue weighted by atomic mass is 9.99. The fourth-order valence-corrected chi connectivity index (χ4v) is 5.02. The molecule has 1 aromatic carbocycles. The van der Waals surface area contributed by atoms with Crippen LogP contribution >= 0.6 is 0 Å². The Bertz CT molecular complexity index is 589. The van der Waals surface area contributed by atoms with Crippen molar-refractivity contribution in [1.82, 2.24) is 5.32 Å². The van der Waals surface area contributed by atoms with Gasteiger partial charge < -0.3 is 10.1 Å². The summed E-state index contributed by atoms with van der Waals surface area (Å²) >= 11 is 0. The first-order valence-electron chi connectivity index (χ1n) is 7.28. The minimum absolute atomic E-state index is 0.167. The molecular weight excluding hydrogens is 293 g/mol. The molecule has 0 radical (unpaired) electrons. The Labute approximate surface area is 125 Å². The van der Waals surface area contributed by atoms with E-state index in [-0.39, 0.29) is 17.5 Å². The van der Waals surface area contributed by atoms with E-state index in [1.165, 1.54) is 13.2 Å². The van der Waals surface area contributed by atoms with E-state index in [9.17, 15) is 12.8 Å². The Morgan fingerprint density at radius 3 is 2.76 bits per heavy atom. The first kappa shape index (κ1) is 16.2. The lowest BCUT2D eigenvalue weighted by Crippen LogP contribution is -2.40. The number of hydrogen-bond acceptors (Lipinski definition) is 4. The third-order valence-corrected chi connectivity index (χ3v) is 6.25. The number of halogens is 1. The van der Waals surface area contributed by atoms with E-state index in [1.54, 1.807) is 12.1 Å². The van der Waals surface area contributed by atoms with E-state index in [1.807, 2.05) is 6.92 Å². The minimum atomic E-state index is -3.14. The van der Waals surface area contributed by atoms with E-state index in [2.05, 4.69) is 5.32 Å². The normalized spacial score (nSPS) is 22.7. The zero-order valence-electron chi connectivity index (χ0n) is 12.4. The number of benzene rings is 1. The minimum Gasteiger partial charge on any atom is -0.494 e. The SMILES string of the molecule is CCNC(c1ccc(OC)c(F)c1)C1CCCCS1(=O)=O. The van der Waals surface area contributed by atoms with Crippen LogP contribution in [0.25, 0.3) is 0 Å². The van der Waals surface area contributed by atoms with Crippen LogP contribution in [0.5, 0.6) is 5.75 Å². The molecule has 1 heterocycles. The summed E-state index contributed by atoms with van der Waals surface area (Å²) in [6.45, 7) is 2.55. The van der Waals surface area contributed by atoms with Crippen molar-refractivity contribution in [2.24, 2.45) is 0 Å². The molecule has 0 spiro atoms. The fraction of sp³-hybridized carbons (Fsp3) is 0.600. The molecule has 21 heavy (non-hydrogen) atoms. The average Bonchev–Trinajstić information content (AvgIpc) is 2.45. The van der Waals surface area contributed by atoms with Gasteiger partial charge >= 0.3 is 0 Å². The Balaban J connectivity index is 2.36. The maximum atomic E-state index is 13.9. The van der Waals surface area contributed by atoms with Gasteiger partial charge in [0.25, 0.3) is 0 Å². The maximum Gasteiger partial charge on any atom is 0.165 e. The van der Waals surface area contributed by atoms with Gasteiger partial charge in [0.05, 0.1) is 18.1 Å². The van der Waals surface area contributed by atoms with Crippen LogP contribution in [0.2, 0.25) is 0 Å². The van der Waals surface area contributed by atoms with Crippen molar-refractivity contribution in [3.05, 3.63) is 29.6 Å². The monoisotopic (exact) mass is 315 g/mol. The molecule has 2 rings (SSSR count). The lowest BCUT2D eigenvalue weighted by Gasteiger charge is -2.31. The van der Waals surface area contributed by atoms with Crippen LogP contribution in [0, 0.1) is 5.82 Å². The molecule has 0 amide bonds. The van der Waals surface area contributed by atoms with Crippen LogP contribution in [0.15, 0.2) is 18.2 Å². The van der Waals surface area contributed by atoms with E-state index in [4.69, 9.17) is 4.74 Å². The fourth-order valence-electron chi connectivity index (χ4n) is 2.91. The van der Waals surface area contributed by atoms with Gasteiger partial charge in [-0.15, -0.1) is 0 Å². The standard InChI is InChI=1S/C15H22FNO3S/c1-3-17-15(14-6-4-5-9-21(14,18)19)11-7-8-13(20-2)12(16)10-11/h7-8,10,14-15,17H,3-6,9H2,1-2H3. The Morgan fingerprint density at radius 2 is 2.19 bits per heavy atom. The summed E-state index contributed by atoms with van der Waals surface area (Å²) in [6.07, 6.45) is 2.23. The highest BCUT2D eigenvalue weighted by molar-refractivity contribution is 7.92. The van der Waals surface area contributed by atoms with Gasteiger partial charge in [-0.25, -0.2) is 12.8 Å². The highest BCUT2D eigenvalue weighted by Crippen LogP contribution is 2.32. The molecule has 0 aromatic heterocycles. The highest BCUT2D eigenvalue weighted by atomic mass is 32.2. The highest BCUT2D eigenvalue weighted by Gasteiger charge is 2.36. The molecule has 1 aliphatic rings. The lowest BCUT2D eigenvalue weighted by molar-refractivity contribution is 0.384. The van der Waals surface area contributed by atoms with Crippen molar-refractivity contribution in [3.8, 4) is 5.75 Å². The van der Waals surface area contributed by atoms with Gasteiger partial charge in [-0.2, -0.15) is 0 Å². The second kappa shape index (κ2) is 6.75. The van der Waals surface area contributed by atoms with Crippen LogP contribution in [-0.2, 0) is 9.84 Å². The van der Waals surface area contributed by atoms with Gasteiger partial charge in [-0.3, -0.25) is 0 Å². The summed E-state index contributed by atoms with van der Waals surface area (Å²) in [4.78, 5) is 0. The van der Waals surface area contributed by atoms with Crippen LogP contribution in [0.3, 0.4) is 0 Å². The number of sulfone groups is 1. The molecule has 1 saturated heterocycles. The Morgan fingerprint density at radius 1 is 1.43 bits per heavy atom. The predicted octanol–water partition coefficient (Wildman–Crippen LogP) is 2.45. The van der Waals surface area contributed by atoms with Gasteiger partial charge in [-0.1, -0.05) is 19.4 Å². The second-order valence-electron chi connectivity index (χ2n) is 5.33. The summed E-state index contributed by atoms with van der Waals surface area (Å²) in [5.74, 6) is -0.0790. The van der Waals surface area contributed by atoms with Crippen molar-refractivity contribution in [3.63, 3.8) is 0 Å². The number of nitrogens with one attached hydrogen (secondary N) is 1. The summed E-state index contributed by atoms with van der Waals surface area (Å²) < 4.78 is 43.5. The number of hydrogen-bond donors (Lipinski definition) is 1.